The van der Waals surface area contributed by atoms with Gasteiger partial charge in [-0.15, -0.1) is 0 Å². The number of ether oxygens (including phenoxy) is 3. The van der Waals surface area contributed by atoms with Gasteiger partial charge in [0.2, 0.25) is 6.29 Å². The van der Waals surface area contributed by atoms with E-state index in [1.165, 1.54) is 19.9 Å². The van der Waals surface area contributed by atoms with E-state index in [0.717, 1.165) is 6.26 Å². The molecular weight excluding hydrogens is 392 g/mol. The summed E-state index contributed by atoms with van der Waals surface area (Å²) in [6.45, 7) is 2.32. The molecule has 11 nitrogen and oxygen atoms in total. The highest BCUT2D eigenvalue weighted by molar-refractivity contribution is 5.73. The molecule has 0 spiro atoms. The van der Waals surface area contributed by atoms with E-state index in [1.807, 2.05) is 0 Å². The highest BCUT2D eigenvalue weighted by Gasteiger charge is 2.40. The monoisotopic (exact) mass is 416 g/mol. The smallest absolute Gasteiger partial charge is 0.308 e. The minimum Gasteiger partial charge on any atom is -0.481 e. The number of carboxylic acid groups (broad SMARTS) is 1. The Morgan fingerprint density at radius 3 is 2.66 bits per heavy atom. The molecule has 2 heterocycles. The molecule has 1 fully saturated rings. The maximum absolute atomic E-state index is 11.9. The minimum absolute atomic E-state index is 0.0719. The van der Waals surface area contributed by atoms with Crippen molar-refractivity contribution in [3.63, 3.8) is 0 Å². The van der Waals surface area contributed by atoms with Crippen LogP contribution in [0.4, 0.5) is 0 Å². The summed E-state index contributed by atoms with van der Waals surface area (Å²) in [5, 5.41) is 38.7. The molecule has 162 valence electrons. The Labute approximate surface area is 165 Å². The van der Waals surface area contributed by atoms with Crippen LogP contribution in [0.3, 0.4) is 0 Å². The summed E-state index contributed by atoms with van der Waals surface area (Å²) in [5.41, 5.74) is -1.98. The zero-order chi connectivity index (χ0) is 21.8. The van der Waals surface area contributed by atoms with Crippen LogP contribution in [-0.4, -0.2) is 69.2 Å². The van der Waals surface area contributed by atoms with Gasteiger partial charge in [0.25, 0.3) is 5.95 Å². The summed E-state index contributed by atoms with van der Waals surface area (Å²) in [7, 11) is 0. The number of carbonyl (C=O) groups is 2. The molecule has 0 aliphatic carbocycles. The molecule has 29 heavy (non-hydrogen) atoms. The van der Waals surface area contributed by atoms with Gasteiger partial charge in [-0.05, 0) is 13.8 Å². The zero-order valence-corrected chi connectivity index (χ0v) is 15.9. The number of carbonyl (C=O) groups excluding carboxylic acids is 1. The number of aliphatic carboxylic acids is 1. The van der Waals surface area contributed by atoms with Crippen LogP contribution in [0.2, 0.25) is 0 Å². The second-order valence-electron chi connectivity index (χ2n) is 7.16. The predicted octanol–water partition coefficient (Wildman–Crippen LogP) is -0.677. The molecule has 0 saturated carbocycles. The van der Waals surface area contributed by atoms with Gasteiger partial charge in [0.15, 0.2) is 5.43 Å². The summed E-state index contributed by atoms with van der Waals surface area (Å²) in [6.07, 6.45) is -5.10. The first-order chi connectivity index (χ1) is 13.5. The third-order valence-corrected chi connectivity index (χ3v) is 4.28. The molecule has 5 atom stereocenters. The van der Waals surface area contributed by atoms with Crippen molar-refractivity contribution in [1.82, 2.24) is 0 Å². The van der Waals surface area contributed by atoms with Gasteiger partial charge in [-0.2, -0.15) is 0 Å². The van der Waals surface area contributed by atoms with Crippen LogP contribution in [0, 0.1) is 6.92 Å². The maximum Gasteiger partial charge on any atom is 0.308 e. The topological polar surface area (TPSA) is 173 Å². The van der Waals surface area contributed by atoms with E-state index in [9.17, 15) is 29.7 Å². The van der Waals surface area contributed by atoms with Crippen molar-refractivity contribution < 1.29 is 48.6 Å². The lowest BCUT2D eigenvalue weighted by Crippen LogP contribution is -2.52. The third kappa shape index (κ3) is 6.53. The van der Waals surface area contributed by atoms with Gasteiger partial charge in [-0.3, -0.25) is 14.4 Å². The van der Waals surface area contributed by atoms with E-state index in [1.54, 1.807) is 0 Å². The normalized spacial score (nSPS) is 26.4. The molecule has 0 bridgehead atoms. The average Bonchev–Trinajstić information content (AvgIpc) is 2.59. The molecule has 1 aromatic heterocycles. The highest BCUT2D eigenvalue weighted by Crippen LogP contribution is 2.25. The SMILES string of the molecule is Cc1c(O[C@@H]2O[C@H](COC(=O)CC(C)(O)CC(=O)O)C[C@H](O)[C@H]2O)occc1=O. The summed E-state index contributed by atoms with van der Waals surface area (Å²) in [6, 6.07) is 1.19. The highest BCUT2D eigenvalue weighted by atomic mass is 16.7. The van der Waals surface area contributed by atoms with Crippen LogP contribution in [0.5, 0.6) is 5.95 Å². The average molecular weight is 416 g/mol. The van der Waals surface area contributed by atoms with E-state index < -0.39 is 55.0 Å². The van der Waals surface area contributed by atoms with E-state index in [0.29, 0.717) is 0 Å². The van der Waals surface area contributed by atoms with Crippen molar-refractivity contribution in [3.05, 3.63) is 28.1 Å². The van der Waals surface area contributed by atoms with E-state index >= 15 is 0 Å². The molecular formula is C18H24O11. The van der Waals surface area contributed by atoms with Crippen molar-refractivity contribution in [2.75, 3.05) is 6.61 Å². The predicted molar refractivity (Wildman–Crippen MR) is 94.1 cm³/mol. The van der Waals surface area contributed by atoms with Crippen LogP contribution in [0.1, 0.15) is 31.7 Å². The van der Waals surface area contributed by atoms with Gasteiger partial charge < -0.3 is 39.1 Å². The second-order valence-corrected chi connectivity index (χ2v) is 7.16. The number of aliphatic hydroxyl groups is 3. The number of hydrogen-bond donors (Lipinski definition) is 4. The first kappa shape index (κ1) is 22.8. The first-order valence-electron chi connectivity index (χ1n) is 8.85. The fourth-order valence-electron chi connectivity index (χ4n) is 2.75. The maximum atomic E-state index is 11.9. The van der Waals surface area contributed by atoms with E-state index in [2.05, 4.69) is 0 Å². The van der Waals surface area contributed by atoms with Gasteiger partial charge >= 0.3 is 11.9 Å². The Morgan fingerprint density at radius 1 is 1.31 bits per heavy atom. The van der Waals surface area contributed by atoms with Crippen LogP contribution in [0.15, 0.2) is 21.5 Å². The largest absolute Gasteiger partial charge is 0.481 e. The minimum atomic E-state index is -1.78. The van der Waals surface area contributed by atoms with Gasteiger partial charge in [0.1, 0.15) is 12.7 Å². The van der Waals surface area contributed by atoms with Crippen molar-refractivity contribution in [1.29, 1.82) is 0 Å². The number of carboxylic acids is 1. The molecule has 1 saturated heterocycles. The number of esters is 1. The number of rotatable bonds is 8. The number of hydrogen-bond acceptors (Lipinski definition) is 10. The summed E-state index contributed by atoms with van der Waals surface area (Å²) in [4.78, 5) is 34.2. The fraction of sp³-hybridized carbons (Fsp3) is 0.611. The molecule has 1 unspecified atom stereocenters. The van der Waals surface area contributed by atoms with Crippen molar-refractivity contribution >= 4 is 11.9 Å². The molecule has 1 aliphatic rings. The van der Waals surface area contributed by atoms with Gasteiger partial charge in [-0.1, -0.05) is 0 Å². The lowest BCUT2D eigenvalue weighted by atomic mass is 9.98. The molecule has 0 amide bonds. The Morgan fingerprint density at radius 2 is 2.00 bits per heavy atom. The molecule has 11 heteroatoms. The molecule has 1 aliphatic heterocycles. The lowest BCUT2D eigenvalue weighted by molar-refractivity contribution is -0.246. The Kier molecular flexibility index (Phi) is 7.36. The van der Waals surface area contributed by atoms with Crippen LogP contribution >= 0.6 is 0 Å². The van der Waals surface area contributed by atoms with Gasteiger partial charge in [0, 0.05) is 12.5 Å². The third-order valence-electron chi connectivity index (χ3n) is 4.28. The zero-order valence-electron chi connectivity index (χ0n) is 15.9. The number of aliphatic hydroxyl groups excluding tert-OH is 2. The molecule has 2 rings (SSSR count). The van der Waals surface area contributed by atoms with Crippen molar-refractivity contribution in [2.45, 2.75) is 63.3 Å². The lowest BCUT2D eigenvalue weighted by Gasteiger charge is -2.36. The standard InChI is InChI=1S/C18H24O11/c1-9-11(19)3-4-26-16(9)29-17-15(24)12(20)5-10(28-17)8-27-14(23)7-18(2,25)6-13(21)22/h3-4,10,12,15,17,20,24-25H,5-8H2,1-2H3,(H,21,22)/t10-,12-,15+,17-,18?/m0/s1. The summed E-state index contributed by atoms with van der Waals surface area (Å²) >= 11 is 0. The summed E-state index contributed by atoms with van der Waals surface area (Å²) < 4.78 is 20.9. The fourth-order valence-corrected chi connectivity index (χ4v) is 2.75. The second kappa shape index (κ2) is 9.35. The van der Waals surface area contributed by atoms with Gasteiger partial charge in [-0.25, -0.2) is 0 Å². The van der Waals surface area contributed by atoms with Gasteiger partial charge in [0.05, 0.1) is 42.5 Å². The molecule has 1 aromatic rings. The quantitative estimate of drug-likeness (QED) is 0.396. The van der Waals surface area contributed by atoms with Crippen molar-refractivity contribution in [3.8, 4) is 5.95 Å². The van der Waals surface area contributed by atoms with Crippen molar-refractivity contribution in [2.24, 2.45) is 0 Å². The van der Waals surface area contributed by atoms with Crippen LogP contribution in [0.25, 0.3) is 0 Å². The molecule has 4 N–H and O–H groups in total. The van der Waals surface area contributed by atoms with E-state index in [4.69, 9.17) is 23.7 Å². The van der Waals surface area contributed by atoms with Crippen LogP contribution < -0.4 is 10.2 Å². The van der Waals surface area contributed by atoms with Crippen LogP contribution in [-0.2, 0) is 19.1 Å². The Balaban J connectivity index is 1.95. The summed E-state index contributed by atoms with van der Waals surface area (Å²) in [5.74, 6) is -2.31. The van der Waals surface area contributed by atoms with E-state index in [-0.39, 0.29) is 30.0 Å². The Hall–Kier alpha value is -2.47. The molecule has 0 radical (unpaired) electrons. The Bertz CT molecular complexity index is 784. The molecule has 0 aromatic carbocycles. The first-order valence-corrected chi connectivity index (χ1v) is 8.85.